The van der Waals surface area contributed by atoms with E-state index in [0.29, 0.717) is 17.1 Å². The predicted molar refractivity (Wildman–Crippen MR) is 103 cm³/mol. The molecule has 25 heavy (non-hydrogen) atoms. The normalized spacial score (nSPS) is 40.0. The van der Waals surface area contributed by atoms with Crippen LogP contribution in [-0.2, 0) is 4.79 Å². The highest BCUT2D eigenvalue weighted by atomic mass is 16.1. The Balaban J connectivity index is 1.57. The Bertz CT molecular complexity index is 630. The minimum absolute atomic E-state index is 0.00578. The van der Waals surface area contributed by atoms with Crippen molar-refractivity contribution in [1.29, 1.82) is 0 Å². The van der Waals surface area contributed by atoms with Gasteiger partial charge in [0.1, 0.15) is 5.78 Å². The standard InChI is InChI=1S/C24H34O/c1-3-4-5-6-8-18-15-21-17(16-23(18)25)10-11-20-19(21)12-14-24(2)13-7-9-22(20)24/h17-18,20,22H,3-5,7,9-16H2,1-2H3/t17?,18?,20-,22+,24+/m1/s1. The fourth-order valence-electron chi connectivity index (χ4n) is 6.53. The summed E-state index contributed by atoms with van der Waals surface area (Å²) in [5, 5.41) is 0. The Kier molecular flexibility index (Phi) is 4.83. The van der Waals surface area contributed by atoms with Crippen LogP contribution < -0.4 is 0 Å². The predicted octanol–water partition coefficient (Wildman–Crippen LogP) is 6.08. The molecule has 0 N–H and O–H groups in total. The maximum Gasteiger partial charge on any atom is 0.148 e. The minimum atomic E-state index is 0.00578. The molecule has 3 fully saturated rings. The first-order valence-corrected chi connectivity index (χ1v) is 10.9. The summed E-state index contributed by atoms with van der Waals surface area (Å²) in [6.45, 7) is 4.76. The Labute approximate surface area is 154 Å². The lowest BCUT2D eigenvalue weighted by Gasteiger charge is -2.49. The summed E-state index contributed by atoms with van der Waals surface area (Å²) >= 11 is 0. The highest BCUT2D eigenvalue weighted by Crippen LogP contribution is 2.60. The Morgan fingerprint density at radius 1 is 1.12 bits per heavy atom. The SMILES string of the molecule is CCCCC#CC1CC2=C3CC[C@]4(C)CCC[C@H]4[C@@H]3CCC2CC1=O. The fraction of sp³-hybridized carbons (Fsp3) is 0.792. The summed E-state index contributed by atoms with van der Waals surface area (Å²) in [5.74, 6) is 9.43. The van der Waals surface area contributed by atoms with Gasteiger partial charge in [0.25, 0.3) is 0 Å². The van der Waals surface area contributed by atoms with Crippen LogP contribution in [0, 0.1) is 40.9 Å². The van der Waals surface area contributed by atoms with Gasteiger partial charge in [-0.25, -0.2) is 0 Å². The Morgan fingerprint density at radius 2 is 2.00 bits per heavy atom. The van der Waals surface area contributed by atoms with Gasteiger partial charge in [0.2, 0.25) is 0 Å². The maximum absolute atomic E-state index is 12.6. The molecule has 1 nitrogen and oxygen atoms in total. The van der Waals surface area contributed by atoms with Crippen LogP contribution in [0.25, 0.3) is 0 Å². The van der Waals surface area contributed by atoms with Gasteiger partial charge in [-0.3, -0.25) is 4.79 Å². The van der Waals surface area contributed by atoms with E-state index in [2.05, 4.69) is 25.7 Å². The van der Waals surface area contributed by atoms with E-state index in [4.69, 9.17) is 0 Å². The molecule has 0 amide bonds. The van der Waals surface area contributed by atoms with Gasteiger partial charge in [0, 0.05) is 12.8 Å². The second kappa shape index (κ2) is 6.94. The molecule has 4 rings (SSSR count). The van der Waals surface area contributed by atoms with Crippen molar-refractivity contribution in [3.05, 3.63) is 11.1 Å². The molecule has 3 saturated carbocycles. The molecule has 5 atom stereocenters. The molecule has 1 heteroatoms. The highest BCUT2D eigenvalue weighted by Gasteiger charge is 2.49. The van der Waals surface area contributed by atoms with Gasteiger partial charge in [0.05, 0.1) is 5.92 Å². The molecule has 0 saturated heterocycles. The topological polar surface area (TPSA) is 17.1 Å². The van der Waals surface area contributed by atoms with E-state index in [1.807, 2.05) is 0 Å². The highest BCUT2D eigenvalue weighted by molar-refractivity contribution is 5.86. The van der Waals surface area contributed by atoms with Gasteiger partial charge < -0.3 is 0 Å². The second-order valence-corrected chi connectivity index (χ2v) is 9.44. The first kappa shape index (κ1) is 17.4. The maximum atomic E-state index is 12.6. The van der Waals surface area contributed by atoms with Gasteiger partial charge >= 0.3 is 0 Å². The summed E-state index contributed by atoms with van der Waals surface area (Å²) in [5.41, 5.74) is 4.11. The van der Waals surface area contributed by atoms with E-state index in [9.17, 15) is 4.79 Å². The molecule has 0 radical (unpaired) electrons. The molecule has 0 heterocycles. The number of unbranched alkanes of at least 4 members (excludes halogenated alkanes) is 2. The van der Waals surface area contributed by atoms with Gasteiger partial charge in [0.15, 0.2) is 0 Å². The average Bonchev–Trinajstić information content (AvgIpc) is 3.00. The molecule has 0 aromatic rings. The van der Waals surface area contributed by atoms with Crippen molar-refractivity contribution in [2.45, 2.75) is 90.9 Å². The molecule has 0 aromatic heterocycles. The number of hydrogen-bond donors (Lipinski definition) is 0. The number of hydrogen-bond acceptors (Lipinski definition) is 1. The van der Waals surface area contributed by atoms with Crippen LogP contribution in [0.1, 0.15) is 90.9 Å². The van der Waals surface area contributed by atoms with Crippen molar-refractivity contribution in [2.75, 3.05) is 0 Å². The smallest absolute Gasteiger partial charge is 0.148 e. The van der Waals surface area contributed by atoms with Crippen LogP contribution in [0.15, 0.2) is 11.1 Å². The third-order valence-corrected chi connectivity index (χ3v) is 7.98. The number of rotatable bonds is 2. The molecule has 0 aromatic carbocycles. The van der Waals surface area contributed by atoms with Crippen molar-refractivity contribution in [3.8, 4) is 11.8 Å². The number of allylic oxidation sites excluding steroid dienone is 2. The van der Waals surface area contributed by atoms with Crippen LogP contribution in [0.2, 0.25) is 0 Å². The first-order chi connectivity index (χ1) is 12.1. The zero-order valence-corrected chi connectivity index (χ0v) is 16.2. The van der Waals surface area contributed by atoms with Crippen LogP contribution in [0.3, 0.4) is 0 Å². The monoisotopic (exact) mass is 338 g/mol. The van der Waals surface area contributed by atoms with Crippen LogP contribution in [0.5, 0.6) is 0 Å². The lowest BCUT2D eigenvalue weighted by molar-refractivity contribution is -0.123. The largest absolute Gasteiger partial charge is 0.298 e. The third-order valence-electron chi connectivity index (χ3n) is 7.98. The summed E-state index contributed by atoms with van der Waals surface area (Å²) in [6, 6.07) is 0. The molecule has 0 bridgehead atoms. The number of Topliss-reactive ketones (excluding diaryl/α,β-unsaturated/α-hetero) is 1. The molecular weight excluding hydrogens is 304 g/mol. The van der Waals surface area contributed by atoms with E-state index in [-0.39, 0.29) is 5.92 Å². The third kappa shape index (κ3) is 3.11. The minimum Gasteiger partial charge on any atom is -0.298 e. The molecule has 0 spiro atoms. The fourth-order valence-corrected chi connectivity index (χ4v) is 6.53. The van der Waals surface area contributed by atoms with Crippen LogP contribution in [0.4, 0.5) is 0 Å². The first-order valence-electron chi connectivity index (χ1n) is 10.9. The van der Waals surface area contributed by atoms with Gasteiger partial charge in [-0.05, 0) is 74.5 Å². The van der Waals surface area contributed by atoms with E-state index in [1.54, 1.807) is 11.1 Å². The van der Waals surface area contributed by atoms with Gasteiger partial charge in [-0.15, -0.1) is 5.92 Å². The van der Waals surface area contributed by atoms with Crippen molar-refractivity contribution in [2.24, 2.45) is 29.1 Å². The number of ketones is 1. The zero-order chi connectivity index (χ0) is 17.4. The molecule has 0 aliphatic heterocycles. The summed E-state index contributed by atoms with van der Waals surface area (Å²) in [6.07, 6.45) is 14.7. The number of carbonyl (C=O) groups is 1. The van der Waals surface area contributed by atoms with E-state index in [1.165, 1.54) is 51.4 Å². The lowest BCUT2D eigenvalue weighted by atomic mass is 9.56. The van der Waals surface area contributed by atoms with Crippen LogP contribution >= 0.6 is 0 Å². The van der Waals surface area contributed by atoms with E-state index in [0.717, 1.165) is 37.5 Å². The van der Waals surface area contributed by atoms with Gasteiger partial charge in [-0.1, -0.05) is 43.8 Å². The summed E-state index contributed by atoms with van der Waals surface area (Å²) < 4.78 is 0. The lowest BCUT2D eigenvalue weighted by Crippen LogP contribution is -2.39. The van der Waals surface area contributed by atoms with Gasteiger partial charge in [-0.2, -0.15) is 0 Å². The van der Waals surface area contributed by atoms with Crippen LogP contribution in [-0.4, -0.2) is 5.78 Å². The molecule has 4 aliphatic carbocycles. The Hall–Kier alpha value is -1.03. The quantitative estimate of drug-likeness (QED) is 0.339. The second-order valence-electron chi connectivity index (χ2n) is 9.44. The van der Waals surface area contributed by atoms with Crippen molar-refractivity contribution in [3.63, 3.8) is 0 Å². The Morgan fingerprint density at radius 3 is 2.84 bits per heavy atom. The zero-order valence-electron chi connectivity index (χ0n) is 16.2. The number of carbonyl (C=O) groups excluding carboxylic acids is 1. The summed E-state index contributed by atoms with van der Waals surface area (Å²) in [4.78, 5) is 12.6. The van der Waals surface area contributed by atoms with Crippen molar-refractivity contribution >= 4 is 5.78 Å². The van der Waals surface area contributed by atoms with Crippen molar-refractivity contribution < 1.29 is 4.79 Å². The molecule has 136 valence electrons. The van der Waals surface area contributed by atoms with Crippen molar-refractivity contribution in [1.82, 2.24) is 0 Å². The molecule has 4 aliphatic rings. The van der Waals surface area contributed by atoms with E-state index < -0.39 is 0 Å². The summed E-state index contributed by atoms with van der Waals surface area (Å²) in [7, 11) is 0. The van der Waals surface area contributed by atoms with E-state index >= 15 is 0 Å². The molecule has 2 unspecified atom stereocenters. The number of fused-ring (bicyclic) bond motifs is 4. The molecular formula is C24H34O. The average molecular weight is 339 g/mol.